The first-order valence-corrected chi connectivity index (χ1v) is 9.39. The summed E-state index contributed by atoms with van der Waals surface area (Å²) < 4.78 is 2.08. The van der Waals surface area contributed by atoms with Crippen molar-refractivity contribution in [1.82, 2.24) is 14.9 Å². The molecule has 0 amide bonds. The predicted octanol–water partition coefficient (Wildman–Crippen LogP) is 3.85. The molecular formula is C22H26N4. The summed E-state index contributed by atoms with van der Waals surface area (Å²) in [7, 11) is 2.05. The van der Waals surface area contributed by atoms with Crippen LogP contribution in [0, 0.1) is 0 Å². The third kappa shape index (κ3) is 3.81. The van der Waals surface area contributed by atoms with Crippen molar-refractivity contribution in [2.24, 2.45) is 7.05 Å². The number of hydrogen-bond acceptors (Lipinski definition) is 3. The molecule has 0 radical (unpaired) electrons. The van der Waals surface area contributed by atoms with Crippen molar-refractivity contribution in [2.75, 3.05) is 18.0 Å². The zero-order valence-electron chi connectivity index (χ0n) is 15.3. The molecule has 0 unspecified atom stereocenters. The van der Waals surface area contributed by atoms with Crippen LogP contribution in [0.25, 0.3) is 11.1 Å². The van der Waals surface area contributed by atoms with E-state index in [4.69, 9.17) is 0 Å². The fraction of sp³-hybridized carbons (Fsp3) is 0.318. The van der Waals surface area contributed by atoms with E-state index in [0.29, 0.717) is 6.04 Å². The van der Waals surface area contributed by atoms with E-state index in [1.807, 2.05) is 19.4 Å². The second-order valence-corrected chi connectivity index (χ2v) is 7.01. The third-order valence-electron chi connectivity index (χ3n) is 5.28. The number of hydrogen-bond donors (Lipinski definition) is 1. The Hall–Kier alpha value is -2.59. The lowest BCUT2D eigenvalue weighted by Crippen LogP contribution is -2.42. The molecule has 0 saturated carbocycles. The summed E-state index contributed by atoms with van der Waals surface area (Å²) in [5.74, 6) is 1.10. The summed E-state index contributed by atoms with van der Waals surface area (Å²) in [5, 5.41) is 3.66. The van der Waals surface area contributed by atoms with Crippen molar-refractivity contribution in [3.8, 4) is 11.1 Å². The highest BCUT2D eigenvalue weighted by Gasteiger charge is 2.19. The molecule has 0 spiro atoms. The van der Waals surface area contributed by atoms with Crippen LogP contribution in [0.1, 0.15) is 18.7 Å². The number of nitrogens with zero attached hydrogens (tertiary/aromatic N) is 3. The SMILES string of the molecule is Cn1ccnc1CNC1CCN(c2cccc(-c3ccccc3)c2)CC1. The van der Waals surface area contributed by atoms with Crippen molar-refractivity contribution >= 4 is 5.69 Å². The average molecular weight is 346 g/mol. The van der Waals surface area contributed by atoms with Crippen LogP contribution in [-0.4, -0.2) is 28.7 Å². The van der Waals surface area contributed by atoms with Crippen LogP contribution < -0.4 is 10.2 Å². The maximum Gasteiger partial charge on any atom is 0.122 e. The van der Waals surface area contributed by atoms with Gasteiger partial charge >= 0.3 is 0 Å². The summed E-state index contributed by atoms with van der Waals surface area (Å²) in [4.78, 5) is 6.90. The molecule has 1 N–H and O–H groups in total. The minimum atomic E-state index is 0.570. The van der Waals surface area contributed by atoms with Crippen LogP contribution >= 0.6 is 0 Å². The van der Waals surface area contributed by atoms with Crippen LogP contribution in [0.15, 0.2) is 67.0 Å². The molecular weight excluding hydrogens is 320 g/mol. The van der Waals surface area contributed by atoms with Crippen molar-refractivity contribution in [1.29, 1.82) is 0 Å². The van der Waals surface area contributed by atoms with Crippen molar-refractivity contribution in [2.45, 2.75) is 25.4 Å². The summed E-state index contributed by atoms with van der Waals surface area (Å²) in [5.41, 5.74) is 3.90. The normalized spacial score (nSPS) is 15.3. The molecule has 2 heterocycles. The summed E-state index contributed by atoms with van der Waals surface area (Å²) >= 11 is 0. The number of nitrogens with one attached hydrogen (secondary N) is 1. The maximum atomic E-state index is 4.39. The Morgan fingerprint density at radius 2 is 1.77 bits per heavy atom. The van der Waals surface area contributed by atoms with Gasteiger partial charge in [-0.15, -0.1) is 0 Å². The van der Waals surface area contributed by atoms with Gasteiger partial charge in [0.2, 0.25) is 0 Å². The Labute approximate surface area is 155 Å². The summed E-state index contributed by atoms with van der Waals surface area (Å²) in [6, 6.07) is 20.1. The van der Waals surface area contributed by atoms with Crippen LogP contribution in [-0.2, 0) is 13.6 Å². The highest BCUT2D eigenvalue weighted by Crippen LogP contribution is 2.26. The lowest BCUT2D eigenvalue weighted by molar-refractivity contribution is 0.407. The number of anilines is 1. The van der Waals surface area contributed by atoms with Crippen LogP contribution in [0.4, 0.5) is 5.69 Å². The topological polar surface area (TPSA) is 33.1 Å². The Morgan fingerprint density at radius 1 is 1.00 bits per heavy atom. The molecule has 3 aromatic rings. The molecule has 0 bridgehead atoms. The highest BCUT2D eigenvalue weighted by atomic mass is 15.2. The van der Waals surface area contributed by atoms with Crippen LogP contribution in [0.3, 0.4) is 0 Å². The highest BCUT2D eigenvalue weighted by molar-refractivity contribution is 5.68. The molecule has 0 atom stereocenters. The smallest absolute Gasteiger partial charge is 0.122 e. The number of aromatic nitrogens is 2. The largest absolute Gasteiger partial charge is 0.371 e. The molecule has 1 aliphatic rings. The van der Waals surface area contributed by atoms with Gasteiger partial charge in [-0.05, 0) is 36.1 Å². The van der Waals surface area contributed by atoms with Gasteiger partial charge in [-0.25, -0.2) is 4.98 Å². The maximum absolute atomic E-state index is 4.39. The fourth-order valence-corrected chi connectivity index (χ4v) is 3.66. The molecule has 4 rings (SSSR count). The minimum Gasteiger partial charge on any atom is -0.371 e. The van der Waals surface area contributed by atoms with E-state index in [9.17, 15) is 0 Å². The summed E-state index contributed by atoms with van der Waals surface area (Å²) in [6.07, 6.45) is 6.19. The molecule has 0 aliphatic carbocycles. The first-order chi connectivity index (χ1) is 12.8. The molecule has 134 valence electrons. The Kier molecular flexibility index (Phi) is 5.02. The van der Waals surface area contributed by atoms with Crippen LogP contribution in [0.5, 0.6) is 0 Å². The van der Waals surface area contributed by atoms with Gasteiger partial charge in [-0.2, -0.15) is 0 Å². The van der Waals surface area contributed by atoms with Gasteiger partial charge in [-0.3, -0.25) is 0 Å². The molecule has 4 heteroatoms. The molecule has 26 heavy (non-hydrogen) atoms. The van der Waals surface area contributed by atoms with Crippen LogP contribution in [0.2, 0.25) is 0 Å². The van der Waals surface area contributed by atoms with Crippen molar-refractivity contribution in [3.05, 3.63) is 72.8 Å². The van der Waals surface area contributed by atoms with Gasteiger partial charge in [0.15, 0.2) is 0 Å². The van der Waals surface area contributed by atoms with E-state index >= 15 is 0 Å². The predicted molar refractivity (Wildman–Crippen MR) is 107 cm³/mol. The first kappa shape index (κ1) is 16.9. The molecule has 1 aromatic heterocycles. The molecule has 1 aliphatic heterocycles. The zero-order chi connectivity index (χ0) is 17.8. The number of rotatable bonds is 5. The van der Waals surface area contributed by atoms with Gasteiger partial charge in [-0.1, -0.05) is 42.5 Å². The van der Waals surface area contributed by atoms with Gasteiger partial charge in [0, 0.05) is 44.3 Å². The molecule has 4 nitrogen and oxygen atoms in total. The number of imidazole rings is 1. The second-order valence-electron chi connectivity index (χ2n) is 7.01. The molecule has 1 fully saturated rings. The van der Waals surface area contributed by atoms with Crippen molar-refractivity contribution in [3.63, 3.8) is 0 Å². The van der Waals surface area contributed by atoms with Gasteiger partial charge in [0.25, 0.3) is 0 Å². The van der Waals surface area contributed by atoms with E-state index in [1.165, 1.54) is 29.7 Å². The standard InChI is InChI=1S/C22H26N4/c1-25-15-12-23-22(25)17-24-20-10-13-26(14-11-20)21-9-5-8-19(16-21)18-6-3-2-4-7-18/h2-9,12,15-16,20,24H,10-11,13-14,17H2,1H3. The monoisotopic (exact) mass is 346 g/mol. The zero-order valence-corrected chi connectivity index (χ0v) is 15.3. The van der Waals surface area contributed by atoms with Gasteiger partial charge in [0.1, 0.15) is 5.82 Å². The average Bonchev–Trinajstić information content (AvgIpc) is 3.12. The Bertz CT molecular complexity index is 832. The fourth-order valence-electron chi connectivity index (χ4n) is 3.66. The van der Waals surface area contributed by atoms with E-state index in [0.717, 1.165) is 25.5 Å². The quantitative estimate of drug-likeness (QED) is 0.762. The minimum absolute atomic E-state index is 0.570. The second kappa shape index (κ2) is 7.75. The van der Waals surface area contributed by atoms with E-state index in [1.54, 1.807) is 0 Å². The first-order valence-electron chi connectivity index (χ1n) is 9.39. The van der Waals surface area contributed by atoms with Gasteiger partial charge in [0.05, 0.1) is 6.54 Å². The Morgan fingerprint density at radius 3 is 2.50 bits per heavy atom. The van der Waals surface area contributed by atoms with Gasteiger partial charge < -0.3 is 14.8 Å². The number of benzene rings is 2. The van der Waals surface area contributed by atoms with E-state index < -0.39 is 0 Å². The Balaban J connectivity index is 1.35. The third-order valence-corrected chi connectivity index (χ3v) is 5.28. The number of piperidine rings is 1. The molecule has 2 aromatic carbocycles. The lowest BCUT2D eigenvalue weighted by Gasteiger charge is -2.34. The van der Waals surface area contributed by atoms with E-state index in [2.05, 4.69) is 74.4 Å². The lowest BCUT2D eigenvalue weighted by atomic mass is 10.0. The molecule has 1 saturated heterocycles. The van der Waals surface area contributed by atoms with E-state index in [-0.39, 0.29) is 0 Å². The van der Waals surface area contributed by atoms with Crippen molar-refractivity contribution < 1.29 is 0 Å². The summed E-state index contributed by atoms with van der Waals surface area (Å²) in [6.45, 7) is 3.03. The number of aryl methyl sites for hydroxylation is 1.